The van der Waals surface area contributed by atoms with E-state index in [1.165, 1.54) is 13.2 Å². The Bertz CT molecular complexity index is 540. The van der Waals surface area contributed by atoms with Crippen LogP contribution in [0.5, 0.6) is 5.75 Å². The molecule has 23 heavy (non-hydrogen) atoms. The number of alkyl halides is 3. The van der Waals surface area contributed by atoms with E-state index < -0.39 is 11.7 Å². The zero-order valence-corrected chi connectivity index (χ0v) is 12.9. The number of methoxy groups -OCH3 is 1. The molecule has 1 fully saturated rings. The number of nitrogens with one attached hydrogen (secondary N) is 1. The number of amides is 1. The molecule has 0 aromatic heterocycles. The van der Waals surface area contributed by atoms with Crippen LogP contribution in [0.4, 0.5) is 18.9 Å². The van der Waals surface area contributed by atoms with Gasteiger partial charge in [0.05, 0.1) is 17.9 Å². The maximum Gasteiger partial charge on any atom is 0.416 e. The molecule has 0 saturated heterocycles. The van der Waals surface area contributed by atoms with Crippen LogP contribution in [0.25, 0.3) is 0 Å². The van der Waals surface area contributed by atoms with Gasteiger partial charge in [-0.1, -0.05) is 12.8 Å². The molecule has 0 unspecified atom stereocenters. The van der Waals surface area contributed by atoms with Crippen molar-refractivity contribution >= 4 is 11.6 Å². The van der Waals surface area contributed by atoms with Crippen LogP contribution < -0.4 is 10.1 Å². The zero-order chi connectivity index (χ0) is 16.9. The number of anilines is 1. The third-order valence-electron chi connectivity index (χ3n) is 3.84. The molecule has 0 radical (unpaired) electrons. The summed E-state index contributed by atoms with van der Waals surface area (Å²) in [6.45, 7) is 0.491. The molecule has 1 N–H and O–H groups in total. The van der Waals surface area contributed by atoms with Gasteiger partial charge in [-0.3, -0.25) is 4.79 Å². The smallest absolute Gasteiger partial charge is 0.416 e. The number of hydrogen-bond acceptors (Lipinski definition) is 3. The van der Waals surface area contributed by atoms with E-state index in [4.69, 9.17) is 9.47 Å². The van der Waals surface area contributed by atoms with Gasteiger partial charge in [0.15, 0.2) is 0 Å². The van der Waals surface area contributed by atoms with Gasteiger partial charge in [-0.25, -0.2) is 0 Å². The van der Waals surface area contributed by atoms with E-state index >= 15 is 0 Å². The molecule has 1 saturated carbocycles. The number of rotatable bonds is 6. The van der Waals surface area contributed by atoms with E-state index in [0.29, 0.717) is 6.61 Å². The van der Waals surface area contributed by atoms with E-state index in [1.807, 2.05) is 0 Å². The van der Waals surface area contributed by atoms with E-state index in [-0.39, 0.29) is 29.9 Å². The van der Waals surface area contributed by atoms with Gasteiger partial charge in [0.25, 0.3) is 0 Å². The first kappa shape index (κ1) is 17.6. The second-order valence-corrected chi connectivity index (χ2v) is 5.52. The third kappa shape index (κ3) is 4.86. The van der Waals surface area contributed by atoms with Crippen LogP contribution in [0, 0.1) is 5.92 Å². The van der Waals surface area contributed by atoms with Crippen molar-refractivity contribution in [2.24, 2.45) is 5.92 Å². The summed E-state index contributed by atoms with van der Waals surface area (Å²) in [5, 5.41) is 2.59. The maximum absolute atomic E-state index is 12.9. The molecule has 0 atom stereocenters. The van der Waals surface area contributed by atoms with Crippen LogP contribution in [0.1, 0.15) is 31.2 Å². The number of hydrogen-bond donors (Lipinski definition) is 1. The topological polar surface area (TPSA) is 47.6 Å². The molecule has 1 aliphatic rings. The van der Waals surface area contributed by atoms with E-state index in [2.05, 4.69) is 5.32 Å². The van der Waals surface area contributed by atoms with Crippen molar-refractivity contribution in [2.45, 2.75) is 31.9 Å². The summed E-state index contributed by atoms with van der Waals surface area (Å²) >= 11 is 0. The molecule has 2 rings (SSSR count). The van der Waals surface area contributed by atoms with Gasteiger partial charge in [-0.05, 0) is 31.0 Å². The lowest BCUT2D eigenvalue weighted by atomic mass is 10.1. The first-order valence-electron chi connectivity index (χ1n) is 7.55. The van der Waals surface area contributed by atoms with E-state index in [9.17, 15) is 18.0 Å². The summed E-state index contributed by atoms with van der Waals surface area (Å²) in [6, 6.07) is 3.07. The van der Waals surface area contributed by atoms with Crippen molar-refractivity contribution in [1.82, 2.24) is 0 Å². The van der Waals surface area contributed by atoms with Crippen LogP contribution in [0.3, 0.4) is 0 Å². The van der Waals surface area contributed by atoms with Crippen molar-refractivity contribution in [3.63, 3.8) is 0 Å². The minimum Gasteiger partial charge on any atom is -0.489 e. The Morgan fingerprint density at radius 3 is 2.57 bits per heavy atom. The van der Waals surface area contributed by atoms with Crippen LogP contribution in [0.2, 0.25) is 0 Å². The molecular formula is C16H20F3NO3. The third-order valence-corrected chi connectivity index (χ3v) is 3.84. The average Bonchev–Trinajstić information content (AvgIpc) is 3.02. The Balaban J connectivity index is 2.18. The van der Waals surface area contributed by atoms with Gasteiger partial charge in [0.1, 0.15) is 12.4 Å². The second-order valence-electron chi connectivity index (χ2n) is 5.52. The molecule has 0 spiro atoms. The lowest BCUT2D eigenvalue weighted by Gasteiger charge is -2.17. The predicted molar refractivity (Wildman–Crippen MR) is 79.4 cm³/mol. The maximum atomic E-state index is 12.9. The standard InChI is InChI=1S/C16H20F3NO3/c1-22-8-9-23-14-7-6-12(16(17,18)19)10-13(14)20-15(21)11-4-2-3-5-11/h6-7,10-11H,2-5,8-9H2,1H3,(H,20,21). The second kappa shape index (κ2) is 7.68. The Morgan fingerprint density at radius 2 is 1.96 bits per heavy atom. The number of halogens is 3. The fraction of sp³-hybridized carbons (Fsp3) is 0.562. The van der Waals surface area contributed by atoms with Crippen LogP contribution in [-0.4, -0.2) is 26.2 Å². The fourth-order valence-corrected chi connectivity index (χ4v) is 2.59. The summed E-state index contributed by atoms with van der Waals surface area (Å²) in [7, 11) is 1.50. The monoisotopic (exact) mass is 331 g/mol. The molecule has 1 amide bonds. The zero-order valence-electron chi connectivity index (χ0n) is 12.9. The normalized spacial score (nSPS) is 15.7. The lowest BCUT2D eigenvalue weighted by molar-refractivity contribution is -0.137. The van der Waals surface area contributed by atoms with Gasteiger partial charge in [0, 0.05) is 13.0 Å². The van der Waals surface area contributed by atoms with E-state index in [1.54, 1.807) is 0 Å². The Morgan fingerprint density at radius 1 is 1.26 bits per heavy atom. The molecule has 1 aromatic rings. The molecule has 4 nitrogen and oxygen atoms in total. The summed E-state index contributed by atoms with van der Waals surface area (Å²) in [5.74, 6) is -0.184. The van der Waals surface area contributed by atoms with Crippen molar-refractivity contribution in [1.29, 1.82) is 0 Å². The molecule has 1 aliphatic carbocycles. The SMILES string of the molecule is COCCOc1ccc(C(F)(F)F)cc1NC(=O)C1CCCC1. The van der Waals surface area contributed by atoms with Gasteiger partial charge < -0.3 is 14.8 Å². The lowest BCUT2D eigenvalue weighted by Crippen LogP contribution is -2.21. The van der Waals surface area contributed by atoms with Crippen LogP contribution in [0.15, 0.2) is 18.2 Å². The minimum atomic E-state index is -4.47. The average molecular weight is 331 g/mol. The Hall–Kier alpha value is -1.76. The first-order valence-corrected chi connectivity index (χ1v) is 7.55. The minimum absolute atomic E-state index is 0.0489. The number of ether oxygens (including phenoxy) is 2. The summed E-state index contributed by atoms with van der Waals surface area (Å²) in [6.07, 6.45) is -0.997. The summed E-state index contributed by atoms with van der Waals surface area (Å²) < 4.78 is 48.9. The Kier molecular flexibility index (Phi) is 5.87. The predicted octanol–water partition coefficient (Wildman–Crippen LogP) is 3.86. The largest absolute Gasteiger partial charge is 0.489 e. The molecule has 7 heteroatoms. The highest BCUT2D eigenvalue weighted by Crippen LogP contribution is 2.36. The highest BCUT2D eigenvalue weighted by Gasteiger charge is 2.32. The fourth-order valence-electron chi connectivity index (χ4n) is 2.59. The quantitative estimate of drug-likeness (QED) is 0.805. The number of carbonyl (C=O) groups excluding carboxylic acids is 1. The Labute approximate surface area is 133 Å². The van der Waals surface area contributed by atoms with Crippen molar-refractivity contribution < 1.29 is 27.4 Å². The van der Waals surface area contributed by atoms with Crippen molar-refractivity contribution in [2.75, 3.05) is 25.6 Å². The highest BCUT2D eigenvalue weighted by molar-refractivity contribution is 5.94. The molecule has 0 heterocycles. The molecule has 0 aliphatic heterocycles. The van der Waals surface area contributed by atoms with Crippen LogP contribution >= 0.6 is 0 Å². The van der Waals surface area contributed by atoms with Gasteiger partial charge >= 0.3 is 6.18 Å². The summed E-state index contributed by atoms with van der Waals surface area (Å²) in [4.78, 5) is 12.2. The highest BCUT2D eigenvalue weighted by atomic mass is 19.4. The van der Waals surface area contributed by atoms with Gasteiger partial charge in [-0.2, -0.15) is 13.2 Å². The van der Waals surface area contributed by atoms with Gasteiger partial charge in [-0.15, -0.1) is 0 Å². The first-order chi connectivity index (χ1) is 10.9. The van der Waals surface area contributed by atoms with Crippen molar-refractivity contribution in [3.05, 3.63) is 23.8 Å². The molecule has 1 aromatic carbocycles. The van der Waals surface area contributed by atoms with Gasteiger partial charge in [0.2, 0.25) is 5.91 Å². The molecular weight excluding hydrogens is 311 g/mol. The molecule has 128 valence electrons. The van der Waals surface area contributed by atoms with Crippen molar-refractivity contribution in [3.8, 4) is 5.75 Å². The molecule has 0 bridgehead atoms. The number of benzene rings is 1. The summed E-state index contributed by atoms with van der Waals surface area (Å²) in [5.41, 5.74) is -0.772. The van der Waals surface area contributed by atoms with E-state index in [0.717, 1.165) is 37.8 Å². The number of carbonyl (C=O) groups is 1. The van der Waals surface area contributed by atoms with Crippen LogP contribution in [-0.2, 0) is 15.7 Å².